The molecule has 0 heterocycles. The maximum absolute atomic E-state index is 12.9. The number of phosphoric acid groups is 1. The lowest BCUT2D eigenvalue weighted by molar-refractivity contribution is -0.870. The molecule has 1 amide bonds. The first-order chi connectivity index (χ1) is 26.0. The van der Waals surface area contributed by atoms with Crippen molar-refractivity contribution in [3.8, 4) is 0 Å². The molecule has 0 aromatic heterocycles. The summed E-state index contributed by atoms with van der Waals surface area (Å²) in [6.07, 6.45) is 42.3. The van der Waals surface area contributed by atoms with Crippen LogP contribution in [-0.2, 0) is 18.4 Å². The van der Waals surface area contributed by atoms with Crippen LogP contribution in [0.3, 0.4) is 0 Å². The molecular weight excluding hydrogens is 695 g/mol. The largest absolute Gasteiger partial charge is 0.472 e. The Kier molecular flexibility index (Phi) is 37.3. The molecule has 0 spiro atoms. The molecular formula is C45H92N2O6P+. The summed E-state index contributed by atoms with van der Waals surface area (Å²) < 4.78 is 23.6. The van der Waals surface area contributed by atoms with Crippen LogP contribution in [0.4, 0.5) is 0 Å². The molecule has 0 aliphatic heterocycles. The SMILES string of the molecule is CCCCCCCC/C=C/CCCCCCCCCC(=O)N[C@@H](COP(=O)(O)OCC[N+](C)(C)C)[C@H](O)CCCCCCCCCCCCCCCCC. The fourth-order valence-electron chi connectivity index (χ4n) is 6.81. The van der Waals surface area contributed by atoms with Gasteiger partial charge in [0.1, 0.15) is 13.2 Å². The minimum Gasteiger partial charge on any atom is -0.391 e. The third-order valence-electron chi connectivity index (χ3n) is 10.5. The van der Waals surface area contributed by atoms with Crippen LogP contribution in [0.15, 0.2) is 12.2 Å². The number of hydrogen-bond donors (Lipinski definition) is 3. The van der Waals surface area contributed by atoms with Gasteiger partial charge in [-0.2, -0.15) is 0 Å². The third kappa shape index (κ3) is 39.5. The van der Waals surface area contributed by atoms with Crippen molar-refractivity contribution in [2.24, 2.45) is 0 Å². The quantitative estimate of drug-likeness (QED) is 0.0246. The van der Waals surface area contributed by atoms with Crippen LogP contribution in [0, 0.1) is 0 Å². The predicted octanol–water partition coefficient (Wildman–Crippen LogP) is 12.8. The van der Waals surface area contributed by atoms with Gasteiger partial charge in [0, 0.05) is 6.42 Å². The number of carbonyl (C=O) groups excluding carboxylic acids is 1. The first-order valence-electron chi connectivity index (χ1n) is 23.1. The van der Waals surface area contributed by atoms with Crippen molar-refractivity contribution in [2.45, 2.75) is 231 Å². The highest BCUT2D eigenvalue weighted by atomic mass is 31.2. The van der Waals surface area contributed by atoms with Crippen molar-refractivity contribution in [3.05, 3.63) is 12.2 Å². The Labute approximate surface area is 335 Å². The molecule has 3 N–H and O–H groups in total. The van der Waals surface area contributed by atoms with Crippen molar-refractivity contribution in [1.82, 2.24) is 5.32 Å². The van der Waals surface area contributed by atoms with Gasteiger partial charge in [-0.05, 0) is 38.5 Å². The number of unbranched alkanes of at least 4 members (excludes halogenated alkanes) is 27. The molecule has 54 heavy (non-hydrogen) atoms. The molecule has 0 saturated heterocycles. The van der Waals surface area contributed by atoms with Gasteiger partial charge in [0.2, 0.25) is 5.91 Å². The second-order valence-electron chi connectivity index (χ2n) is 17.1. The number of aliphatic hydroxyl groups excluding tert-OH is 1. The molecule has 9 heteroatoms. The van der Waals surface area contributed by atoms with E-state index in [9.17, 15) is 19.4 Å². The van der Waals surface area contributed by atoms with E-state index >= 15 is 0 Å². The molecule has 0 rings (SSSR count). The van der Waals surface area contributed by atoms with Crippen molar-refractivity contribution >= 4 is 13.7 Å². The fourth-order valence-corrected chi connectivity index (χ4v) is 7.54. The molecule has 0 fully saturated rings. The Balaban J connectivity index is 4.34. The molecule has 0 aromatic carbocycles. The van der Waals surface area contributed by atoms with E-state index in [1.165, 1.54) is 154 Å². The molecule has 8 nitrogen and oxygen atoms in total. The number of likely N-dealkylation sites (N-methyl/N-ethyl adjacent to an activating group) is 1. The van der Waals surface area contributed by atoms with Gasteiger partial charge in [-0.3, -0.25) is 13.8 Å². The summed E-state index contributed by atoms with van der Waals surface area (Å²) in [6.45, 7) is 4.89. The number of nitrogens with zero attached hydrogens (tertiary/aromatic N) is 1. The van der Waals surface area contributed by atoms with Crippen LogP contribution in [0.25, 0.3) is 0 Å². The Hall–Kier alpha value is -0.760. The third-order valence-corrected chi connectivity index (χ3v) is 11.5. The van der Waals surface area contributed by atoms with Gasteiger partial charge in [0.25, 0.3) is 0 Å². The van der Waals surface area contributed by atoms with Crippen LogP contribution in [0.1, 0.15) is 219 Å². The second kappa shape index (κ2) is 37.8. The predicted molar refractivity (Wildman–Crippen MR) is 231 cm³/mol. The molecule has 1 unspecified atom stereocenters. The number of phosphoric ester groups is 1. The second-order valence-corrected chi connectivity index (χ2v) is 18.6. The highest BCUT2D eigenvalue weighted by Crippen LogP contribution is 2.43. The van der Waals surface area contributed by atoms with E-state index in [0.29, 0.717) is 23.9 Å². The van der Waals surface area contributed by atoms with Gasteiger partial charge < -0.3 is 19.8 Å². The highest BCUT2D eigenvalue weighted by Gasteiger charge is 2.28. The summed E-state index contributed by atoms with van der Waals surface area (Å²) in [4.78, 5) is 23.2. The zero-order valence-electron chi connectivity index (χ0n) is 36.5. The van der Waals surface area contributed by atoms with E-state index in [1.807, 2.05) is 21.1 Å². The van der Waals surface area contributed by atoms with E-state index < -0.39 is 20.0 Å². The minimum absolute atomic E-state index is 0.0757. The summed E-state index contributed by atoms with van der Waals surface area (Å²) in [5.74, 6) is -0.148. The van der Waals surface area contributed by atoms with Crippen LogP contribution < -0.4 is 5.32 Å². The standard InChI is InChI=1S/C45H91N2O6P/c1-6-8-10-12-14-16-18-20-22-23-25-27-29-31-33-35-37-39-45(49)46-43(42-53-54(50,51)52-41-40-47(3,4)5)44(48)38-36-34-32-30-28-26-24-21-19-17-15-13-11-9-7-2/h20,22,43-44,48H,6-19,21,23-42H2,1-5H3,(H-,46,49,50,51)/p+1/b22-20+/t43-,44+/m0/s1. The normalized spacial score (nSPS) is 14.4. The van der Waals surface area contributed by atoms with E-state index in [1.54, 1.807) is 0 Å². The average Bonchev–Trinajstić information content (AvgIpc) is 3.12. The Bertz CT molecular complexity index is 896. The smallest absolute Gasteiger partial charge is 0.391 e. The van der Waals surface area contributed by atoms with Gasteiger partial charge >= 0.3 is 7.82 Å². The first kappa shape index (κ1) is 53.2. The van der Waals surface area contributed by atoms with Gasteiger partial charge in [0.05, 0.1) is 39.9 Å². The number of nitrogens with one attached hydrogen (secondary N) is 1. The summed E-state index contributed by atoms with van der Waals surface area (Å²) >= 11 is 0. The maximum atomic E-state index is 12.9. The lowest BCUT2D eigenvalue weighted by Crippen LogP contribution is -2.46. The van der Waals surface area contributed by atoms with E-state index in [-0.39, 0.29) is 19.1 Å². The zero-order chi connectivity index (χ0) is 40.0. The fraction of sp³-hybridized carbons (Fsp3) is 0.933. The Morgan fingerprint density at radius 2 is 1.00 bits per heavy atom. The van der Waals surface area contributed by atoms with Gasteiger partial charge in [-0.25, -0.2) is 4.57 Å². The zero-order valence-corrected chi connectivity index (χ0v) is 37.4. The van der Waals surface area contributed by atoms with Crippen LogP contribution >= 0.6 is 7.82 Å². The molecule has 3 atom stereocenters. The highest BCUT2D eigenvalue weighted by molar-refractivity contribution is 7.47. The van der Waals surface area contributed by atoms with E-state index in [2.05, 4.69) is 31.3 Å². The number of amides is 1. The first-order valence-corrected chi connectivity index (χ1v) is 24.5. The summed E-state index contributed by atoms with van der Waals surface area (Å²) in [5.41, 5.74) is 0. The van der Waals surface area contributed by atoms with Crippen molar-refractivity contribution in [1.29, 1.82) is 0 Å². The van der Waals surface area contributed by atoms with Crippen LogP contribution in [-0.4, -0.2) is 73.4 Å². The molecule has 0 aliphatic carbocycles. The monoisotopic (exact) mass is 788 g/mol. The molecule has 0 aliphatic rings. The number of rotatable bonds is 42. The number of quaternary nitrogens is 1. The van der Waals surface area contributed by atoms with Gasteiger partial charge in [-0.15, -0.1) is 0 Å². The van der Waals surface area contributed by atoms with Crippen molar-refractivity contribution in [2.75, 3.05) is 40.9 Å². The van der Waals surface area contributed by atoms with E-state index in [4.69, 9.17) is 9.05 Å². The van der Waals surface area contributed by atoms with Crippen LogP contribution in [0.5, 0.6) is 0 Å². The minimum atomic E-state index is -4.31. The number of hydrogen-bond acceptors (Lipinski definition) is 5. The summed E-state index contributed by atoms with van der Waals surface area (Å²) in [7, 11) is 1.62. The Morgan fingerprint density at radius 1 is 0.611 bits per heavy atom. The number of allylic oxidation sites excluding steroid dienone is 2. The molecule has 0 saturated carbocycles. The number of aliphatic hydroxyl groups is 1. The van der Waals surface area contributed by atoms with Crippen molar-refractivity contribution in [3.63, 3.8) is 0 Å². The average molecular weight is 788 g/mol. The topological polar surface area (TPSA) is 105 Å². The lowest BCUT2D eigenvalue weighted by Gasteiger charge is -2.26. The van der Waals surface area contributed by atoms with Crippen LogP contribution in [0.2, 0.25) is 0 Å². The van der Waals surface area contributed by atoms with Gasteiger partial charge in [-0.1, -0.05) is 187 Å². The molecule has 0 aromatic rings. The molecule has 0 radical (unpaired) electrons. The summed E-state index contributed by atoms with van der Waals surface area (Å²) in [5, 5.41) is 14.0. The van der Waals surface area contributed by atoms with E-state index in [0.717, 1.165) is 38.5 Å². The van der Waals surface area contributed by atoms with Crippen molar-refractivity contribution < 1.29 is 32.9 Å². The Morgan fingerprint density at radius 3 is 1.43 bits per heavy atom. The molecule has 0 bridgehead atoms. The number of carbonyl (C=O) groups is 1. The maximum Gasteiger partial charge on any atom is 0.472 e. The molecule has 322 valence electrons. The lowest BCUT2D eigenvalue weighted by atomic mass is 10.0. The summed E-state index contributed by atoms with van der Waals surface area (Å²) in [6, 6.07) is -0.758. The van der Waals surface area contributed by atoms with Gasteiger partial charge in [0.15, 0.2) is 0 Å².